The highest BCUT2D eigenvalue weighted by Gasteiger charge is 2.27. The van der Waals surface area contributed by atoms with Gasteiger partial charge in [-0.15, -0.1) is 0 Å². The Labute approximate surface area is 66.7 Å². The number of carbonyl (C=O) groups excluding carboxylic acids is 1. The van der Waals surface area contributed by atoms with E-state index in [2.05, 4.69) is 0 Å². The number of ether oxygens (including phenoxy) is 2. The van der Waals surface area contributed by atoms with Crippen molar-refractivity contribution in [1.29, 1.82) is 0 Å². The topological polar surface area (TPSA) is 35.5 Å². The molecular weight excluding hydrogens is 144 g/mol. The van der Waals surface area contributed by atoms with Crippen molar-refractivity contribution in [2.45, 2.75) is 26.4 Å². The van der Waals surface area contributed by atoms with Gasteiger partial charge in [0.15, 0.2) is 0 Å². The number of hydrogen-bond donors (Lipinski definition) is 0. The fraction of sp³-hybridized carbons (Fsp3) is 0.875. The van der Waals surface area contributed by atoms with Crippen molar-refractivity contribution < 1.29 is 14.3 Å². The van der Waals surface area contributed by atoms with Crippen LogP contribution in [0, 0.1) is 5.92 Å². The first-order valence-electron chi connectivity index (χ1n) is 4.01. The Bertz CT molecular complexity index is 140. The van der Waals surface area contributed by atoms with E-state index in [9.17, 15) is 4.79 Å². The van der Waals surface area contributed by atoms with Crippen LogP contribution in [0.5, 0.6) is 0 Å². The lowest BCUT2D eigenvalue weighted by molar-refractivity contribution is -0.160. The minimum absolute atomic E-state index is 0.0243. The first-order chi connectivity index (χ1) is 5.24. The zero-order valence-corrected chi connectivity index (χ0v) is 7.00. The SMILES string of the molecule is CCC(=O)OC(C)C1COC1. The van der Waals surface area contributed by atoms with E-state index < -0.39 is 0 Å². The molecule has 1 atom stereocenters. The summed E-state index contributed by atoms with van der Waals surface area (Å²) in [6.45, 7) is 5.18. The number of hydrogen-bond acceptors (Lipinski definition) is 3. The molecule has 0 saturated carbocycles. The van der Waals surface area contributed by atoms with Crippen LogP contribution in [-0.2, 0) is 14.3 Å². The molecule has 1 fully saturated rings. The predicted octanol–water partition coefficient (Wildman–Crippen LogP) is 0.974. The van der Waals surface area contributed by atoms with Crippen LogP contribution in [-0.4, -0.2) is 25.3 Å². The van der Waals surface area contributed by atoms with Crippen molar-refractivity contribution in [2.24, 2.45) is 5.92 Å². The Morgan fingerprint density at radius 2 is 2.36 bits per heavy atom. The molecule has 0 spiro atoms. The summed E-state index contributed by atoms with van der Waals surface area (Å²) in [7, 11) is 0. The van der Waals surface area contributed by atoms with Gasteiger partial charge in [0, 0.05) is 12.3 Å². The normalized spacial score (nSPS) is 20.5. The molecule has 0 bridgehead atoms. The minimum atomic E-state index is -0.121. The molecule has 1 rings (SSSR count). The molecule has 3 heteroatoms. The third-order valence-corrected chi connectivity index (χ3v) is 1.93. The van der Waals surface area contributed by atoms with Crippen molar-refractivity contribution in [2.75, 3.05) is 13.2 Å². The second-order valence-corrected chi connectivity index (χ2v) is 2.85. The van der Waals surface area contributed by atoms with Crippen LogP contribution < -0.4 is 0 Å². The lowest BCUT2D eigenvalue weighted by Crippen LogP contribution is -2.38. The molecule has 1 heterocycles. The van der Waals surface area contributed by atoms with Crippen LogP contribution in [0.1, 0.15) is 20.3 Å². The van der Waals surface area contributed by atoms with Crippen LogP contribution in [0.4, 0.5) is 0 Å². The monoisotopic (exact) mass is 158 g/mol. The third-order valence-electron chi connectivity index (χ3n) is 1.93. The molecule has 0 N–H and O–H groups in total. The van der Waals surface area contributed by atoms with Gasteiger partial charge in [0.1, 0.15) is 6.10 Å². The van der Waals surface area contributed by atoms with Crippen LogP contribution in [0.25, 0.3) is 0 Å². The van der Waals surface area contributed by atoms with Crippen LogP contribution in [0.2, 0.25) is 0 Å². The van der Waals surface area contributed by atoms with Gasteiger partial charge in [-0.3, -0.25) is 4.79 Å². The summed E-state index contributed by atoms with van der Waals surface area (Å²) in [5, 5.41) is 0. The van der Waals surface area contributed by atoms with E-state index >= 15 is 0 Å². The summed E-state index contributed by atoms with van der Waals surface area (Å²) in [6.07, 6.45) is 0.481. The van der Waals surface area contributed by atoms with Gasteiger partial charge in [0.25, 0.3) is 0 Å². The van der Waals surface area contributed by atoms with Gasteiger partial charge in [-0.2, -0.15) is 0 Å². The molecule has 3 nitrogen and oxygen atoms in total. The quantitative estimate of drug-likeness (QED) is 0.574. The maximum absolute atomic E-state index is 10.8. The number of carbonyl (C=O) groups is 1. The largest absolute Gasteiger partial charge is 0.462 e. The summed E-state index contributed by atoms with van der Waals surface area (Å²) in [6, 6.07) is 0. The van der Waals surface area contributed by atoms with Crippen LogP contribution in [0.3, 0.4) is 0 Å². The Morgan fingerprint density at radius 3 is 2.73 bits per heavy atom. The average Bonchev–Trinajstić information content (AvgIpc) is 1.83. The highest BCUT2D eigenvalue weighted by Crippen LogP contribution is 2.17. The van der Waals surface area contributed by atoms with E-state index in [0.29, 0.717) is 12.3 Å². The second-order valence-electron chi connectivity index (χ2n) is 2.85. The fourth-order valence-electron chi connectivity index (χ4n) is 0.912. The van der Waals surface area contributed by atoms with Gasteiger partial charge in [-0.1, -0.05) is 6.92 Å². The lowest BCUT2D eigenvalue weighted by atomic mass is 10.0. The summed E-state index contributed by atoms with van der Waals surface area (Å²) in [4.78, 5) is 10.8. The fourth-order valence-corrected chi connectivity index (χ4v) is 0.912. The van der Waals surface area contributed by atoms with E-state index in [1.54, 1.807) is 6.92 Å². The molecule has 0 aliphatic carbocycles. The smallest absolute Gasteiger partial charge is 0.305 e. The molecule has 1 saturated heterocycles. The molecule has 0 aromatic rings. The van der Waals surface area contributed by atoms with Crippen molar-refractivity contribution in [3.8, 4) is 0 Å². The summed E-state index contributed by atoms with van der Waals surface area (Å²) in [5.74, 6) is 0.301. The van der Waals surface area contributed by atoms with Crippen molar-refractivity contribution in [3.05, 3.63) is 0 Å². The Morgan fingerprint density at radius 1 is 1.73 bits per heavy atom. The van der Waals surface area contributed by atoms with E-state index in [1.165, 1.54) is 0 Å². The van der Waals surface area contributed by atoms with Gasteiger partial charge in [-0.25, -0.2) is 0 Å². The van der Waals surface area contributed by atoms with E-state index in [1.807, 2.05) is 6.92 Å². The summed E-state index contributed by atoms with van der Waals surface area (Å²) < 4.78 is 10.1. The molecule has 1 aliphatic rings. The number of esters is 1. The van der Waals surface area contributed by atoms with Crippen molar-refractivity contribution in [1.82, 2.24) is 0 Å². The Hall–Kier alpha value is -0.570. The molecule has 0 amide bonds. The minimum Gasteiger partial charge on any atom is -0.462 e. The first kappa shape index (κ1) is 8.53. The first-order valence-corrected chi connectivity index (χ1v) is 4.01. The zero-order valence-electron chi connectivity index (χ0n) is 7.00. The predicted molar refractivity (Wildman–Crippen MR) is 40.2 cm³/mol. The van der Waals surface area contributed by atoms with E-state index in [0.717, 1.165) is 13.2 Å². The molecule has 1 unspecified atom stereocenters. The highest BCUT2D eigenvalue weighted by molar-refractivity contribution is 5.69. The second kappa shape index (κ2) is 3.72. The van der Waals surface area contributed by atoms with Crippen molar-refractivity contribution >= 4 is 5.97 Å². The maximum Gasteiger partial charge on any atom is 0.305 e. The standard InChI is InChI=1S/C8H14O3/c1-3-8(9)11-6(2)7-4-10-5-7/h6-7H,3-5H2,1-2H3. The molecule has 0 radical (unpaired) electrons. The Balaban J connectivity index is 2.19. The molecule has 1 aliphatic heterocycles. The average molecular weight is 158 g/mol. The molecule has 11 heavy (non-hydrogen) atoms. The molecular formula is C8H14O3. The van der Waals surface area contributed by atoms with Crippen molar-refractivity contribution in [3.63, 3.8) is 0 Å². The van der Waals surface area contributed by atoms with Gasteiger partial charge >= 0.3 is 5.97 Å². The van der Waals surface area contributed by atoms with Crippen LogP contribution >= 0.6 is 0 Å². The highest BCUT2D eigenvalue weighted by atomic mass is 16.6. The van der Waals surface area contributed by atoms with E-state index in [-0.39, 0.29) is 12.1 Å². The van der Waals surface area contributed by atoms with Gasteiger partial charge in [0.2, 0.25) is 0 Å². The van der Waals surface area contributed by atoms with Crippen LogP contribution in [0.15, 0.2) is 0 Å². The summed E-state index contributed by atoms with van der Waals surface area (Å²) in [5.41, 5.74) is 0. The molecule has 64 valence electrons. The zero-order chi connectivity index (χ0) is 8.27. The Kier molecular flexibility index (Phi) is 2.88. The lowest BCUT2D eigenvalue weighted by Gasteiger charge is -2.30. The van der Waals surface area contributed by atoms with Gasteiger partial charge < -0.3 is 9.47 Å². The van der Waals surface area contributed by atoms with E-state index in [4.69, 9.17) is 9.47 Å². The molecule has 0 aromatic carbocycles. The third kappa shape index (κ3) is 2.19. The number of rotatable bonds is 3. The van der Waals surface area contributed by atoms with Gasteiger partial charge in [0.05, 0.1) is 13.2 Å². The van der Waals surface area contributed by atoms with Gasteiger partial charge in [-0.05, 0) is 6.92 Å². The maximum atomic E-state index is 10.8. The summed E-state index contributed by atoms with van der Waals surface area (Å²) >= 11 is 0. The molecule has 0 aromatic heterocycles.